The van der Waals surface area contributed by atoms with Crippen LogP contribution in [-0.2, 0) is 0 Å². The highest BCUT2D eigenvalue weighted by Gasteiger charge is 2.25. The van der Waals surface area contributed by atoms with Crippen molar-refractivity contribution in [2.45, 2.75) is 38.6 Å². The molecule has 1 heterocycles. The molecule has 5 heteroatoms. The number of benzene rings is 1. The first-order valence-corrected chi connectivity index (χ1v) is 7.86. The summed E-state index contributed by atoms with van der Waals surface area (Å²) in [7, 11) is 1.61. The van der Waals surface area contributed by atoms with Crippen LogP contribution in [0.4, 0.5) is 10.5 Å². The Hall–Kier alpha value is -1.23. The first-order chi connectivity index (χ1) is 9.65. The quantitative estimate of drug-likeness (QED) is 0.893. The van der Waals surface area contributed by atoms with Crippen LogP contribution in [0.1, 0.15) is 32.6 Å². The molecule has 1 aliphatic heterocycles. The summed E-state index contributed by atoms with van der Waals surface area (Å²) in [6.45, 7) is 2.97. The van der Waals surface area contributed by atoms with E-state index in [4.69, 9.17) is 4.74 Å². The SMILES string of the molecule is CC[C@H]1CCCCN1C(=O)Nc1cc(Br)ccc1OC. The van der Waals surface area contributed by atoms with E-state index in [1.165, 1.54) is 6.42 Å². The van der Waals surface area contributed by atoms with Gasteiger partial charge in [-0.25, -0.2) is 4.79 Å². The molecule has 110 valence electrons. The lowest BCUT2D eigenvalue weighted by Crippen LogP contribution is -2.45. The molecule has 0 aliphatic carbocycles. The van der Waals surface area contributed by atoms with Crippen molar-refractivity contribution in [3.05, 3.63) is 22.7 Å². The van der Waals surface area contributed by atoms with Gasteiger partial charge in [-0.15, -0.1) is 0 Å². The molecule has 2 rings (SSSR count). The van der Waals surface area contributed by atoms with Gasteiger partial charge in [-0.1, -0.05) is 22.9 Å². The Morgan fingerprint density at radius 2 is 2.30 bits per heavy atom. The average Bonchev–Trinajstić information content (AvgIpc) is 2.47. The molecule has 1 atom stereocenters. The van der Waals surface area contributed by atoms with Crippen molar-refractivity contribution < 1.29 is 9.53 Å². The fourth-order valence-electron chi connectivity index (χ4n) is 2.66. The summed E-state index contributed by atoms with van der Waals surface area (Å²) >= 11 is 3.42. The van der Waals surface area contributed by atoms with E-state index >= 15 is 0 Å². The van der Waals surface area contributed by atoms with Gasteiger partial charge in [0.2, 0.25) is 0 Å². The molecule has 0 bridgehead atoms. The van der Waals surface area contributed by atoms with E-state index in [-0.39, 0.29) is 6.03 Å². The van der Waals surface area contributed by atoms with Crippen molar-refractivity contribution in [3.8, 4) is 5.75 Å². The molecule has 1 N–H and O–H groups in total. The van der Waals surface area contributed by atoms with Crippen molar-refractivity contribution >= 4 is 27.6 Å². The van der Waals surface area contributed by atoms with Crippen LogP contribution in [-0.4, -0.2) is 30.6 Å². The molecule has 1 aliphatic rings. The molecule has 0 aromatic heterocycles. The van der Waals surface area contributed by atoms with E-state index in [0.717, 1.165) is 30.3 Å². The highest BCUT2D eigenvalue weighted by Crippen LogP contribution is 2.29. The maximum atomic E-state index is 12.5. The Labute approximate surface area is 128 Å². The Morgan fingerprint density at radius 3 is 3.00 bits per heavy atom. The van der Waals surface area contributed by atoms with Crippen LogP contribution >= 0.6 is 15.9 Å². The van der Waals surface area contributed by atoms with Crippen LogP contribution in [0.15, 0.2) is 22.7 Å². The molecule has 0 radical (unpaired) electrons. The topological polar surface area (TPSA) is 41.6 Å². The largest absolute Gasteiger partial charge is 0.495 e. The molecule has 0 unspecified atom stereocenters. The summed E-state index contributed by atoms with van der Waals surface area (Å²) in [6.07, 6.45) is 4.39. The fourth-order valence-corrected chi connectivity index (χ4v) is 3.02. The highest BCUT2D eigenvalue weighted by atomic mass is 79.9. The van der Waals surface area contributed by atoms with Gasteiger partial charge in [-0.3, -0.25) is 0 Å². The van der Waals surface area contributed by atoms with Crippen molar-refractivity contribution in [2.75, 3.05) is 19.0 Å². The Balaban J connectivity index is 2.12. The second-order valence-corrected chi connectivity index (χ2v) is 5.94. The number of nitrogens with zero attached hydrogens (tertiary/aromatic N) is 1. The predicted molar refractivity (Wildman–Crippen MR) is 84.3 cm³/mol. The number of halogens is 1. The van der Waals surface area contributed by atoms with E-state index in [0.29, 0.717) is 17.5 Å². The molecule has 4 nitrogen and oxygen atoms in total. The van der Waals surface area contributed by atoms with Gasteiger partial charge in [0.05, 0.1) is 12.8 Å². The monoisotopic (exact) mass is 340 g/mol. The summed E-state index contributed by atoms with van der Waals surface area (Å²) in [5.41, 5.74) is 0.701. The first kappa shape index (κ1) is 15.2. The molecule has 0 saturated carbocycles. The maximum Gasteiger partial charge on any atom is 0.322 e. The van der Waals surface area contributed by atoms with E-state index < -0.39 is 0 Å². The van der Waals surface area contributed by atoms with Gasteiger partial charge >= 0.3 is 6.03 Å². The smallest absolute Gasteiger partial charge is 0.322 e. The third-order valence-electron chi connectivity index (χ3n) is 3.76. The minimum Gasteiger partial charge on any atom is -0.495 e. The molecule has 20 heavy (non-hydrogen) atoms. The lowest BCUT2D eigenvalue weighted by Gasteiger charge is -2.35. The van der Waals surface area contributed by atoms with Gasteiger partial charge < -0.3 is 15.0 Å². The van der Waals surface area contributed by atoms with Crippen molar-refractivity contribution in [1.82, 2.24) is 4.90 Å². The molecule has 1 fully saturated rings. The second-order valence-electron chi connectivity index (χ2n) is 5.03. The number of anilines is 1. The van der Waals surface area contributed by atoms with E-state index in [1.807, 2.05) is 23.1 Å². The van der Waals surface area contributed by atoms with Crippen molar-refractivity contribution in [2.24, 2.45) is 0 Å². The zero-order valence-electron chi connectivity index (χ0n) is 12.0. The van der Waals surface area contributed by atoms with Gasteiger partial charge in [-0.05, 0) is 43.9 Å². The number of hydrogen-bond acceptors (Lipinski definition) is 2. The molecule has 1 aromatic carbocycles. The Kier molecular flexibility index (Phi) is 5.29. The van der Waals surface area contributed by atoms with Crippen LogP contribution in [0, 0.1) is 0 Å². The van der Waals surface area contributed by atoms with Crippen LogP contribution in [0.5, 0.6) is 5.75 Å². The number of urea groups is 1. The number of carbonyl (C=O) groups excluding carboxylic acids is 1. The van der Waals surface area contributed by atoms with Gasteiger partial charge in [0.1, 0.15) is 5.75 Å². The lowest BCUT2D eigenvalue weighted by molar-refractivity contribution is 0.160. The van der Waals surface area contributed by atoms with Gasteiger partial charge in [0, 0.05) is 17.1 Å². The second kappa shape index (κ2) is 6.97. The minimum absolute atomic E-state index is 0.0343. The molecule has 1 aromatic rings. The summed E-state index contributed by atoms with van der Waals surface area (Å²) in [4.78, 5) is 14.4. The van der Waals surface area contributed by atoms with E-state index in [1.54, 1.807) is 7.11 Å². The zero-order chi connectivity index (χ0) is 14.5. The van der Waals surface area contributed by atoms with Crippen molar-refractivity contribution in [1.29, 1.82) is 0 Å². The summed E-state index contributed by atoms with van der Waals surface area (Å²) in [6, 6.07) is 5.91. The van der Waals surface area contributed by atoms with Crippen LogP contribution in [0.3, 0.4) is 0 Å². The molecule has 2 amide bonds. The van der Waals surface area contributed by atoms with E-state index in [9.17, 15) is 4.79 Å². The van der Waals surface area contributed by atoms with Gasteiger partial charge in [0.15, 0.2) is 0 Å². The number of nitrogens with one attached hydrogen (secondary N) is 1. The Morgan fingerprint density at radius 1 is 1.50 bits per heavy atom. The summed E-state index contributed by atoms with van der Waals surface area (Å²) < 4.78 is 6.20. The highest BCUT2D eigenvalue weighted by molar-refractivity contribution is 9.10. The van der Waals surface area contributed by atoms with Crippen molar-refractivity contribution in [3.63, 3.8) is 0 Å². The van der Waals surface area contributed by atoms with Crippen LogP contribution < -0.4 is 10.1 Å². The maximum absolute atomic E-state index is 12.5. The summed E-state index contributed by atoms with van der Waals surface area (Å²) in [5.74, 6) is 0.673. The average molecular weight is 341 g/mol. The molecular weight excluding hydrogens is 320 g/mol. The van der Waals surface area contributed by atoms with E-state index in [2.05, 4.69) is 28.2 Å². The Bertz CT molecular complexity index is 479. The number of likely N-dealkylation sites (tertiary alicyclic amines) is 1. The first-order valence-electron chi connectivity index (χ1n) is 7.07. The summed E-state index contributed by atoms with van der Waals surface area (Å²) in [5, 5.41) is 2.97. The van der Waals surface area contributed by atoms with Gasteiger partial charge in [-0.2, -0.15) is 0 Å². The standard InChI is InChI=1S/C15H21BrN2O2/c1-3-12-6-4-5-9-18(12)15(19)17-13-10-11(16)7-8-14(13)20-2/h7-8,10,12H,3-6,9H2,1-2H3,(H,17,19)/t12-/m0/s1. The third-order valence-corrected chi connectivity index (χ3v) is 4.26. The molecule has 0 spiro atoms. The zero-order valence-corrected chi connectivity index (χ0v) is 13.6. The predicted octanol–water partition coefficient (Wildman–Crippen LogP) is 4.25. The lowest BCUT2D eigenvalue weighted by atomic mass is 10.0. The number of rotatable bonds is 3. The number of ether oxygens (including phenoxy) is 1. The molecule has 1 saturated heterocycles. The normalized spacial score (nSPS) is 18.8. The number of hydrogen-bond donors (Lipinski definition) is 1. The van der Waals surface area contributed by atoms with Crippen LogP contribution in [0.25, 0.3) is 0 Å². The fraction of sp³-hybridized carbons (Fsp3) is 0.533. The third kappa shape index (κ3) is 3.45. The number of carbonyl (C=O) groups is 1. The molecular formula is C15H21BrN2O2. The number of methoxy groups -OCH3 is 1. The van der Waals surface area contributed by atoms with Gasteiger partial charge in [0.25, 0.3) is 0 Å². The number of piperidine rings is 1. The van der Waals surface area contributed by atoms with Crippen LogP contribution in [0.2, 0.25) is 0 Å². The number of amides is 2. The minimum atomic E-state index is -0.0343.